The van der Waals surface area contributed by atoms with E-state index in [4.69, 9.17) is 11.6 Å². The van der Waals surface area contributed by atoms with Crippen LogP contribution in [0.25, 0.3) is 0 Å². The lowest BCUT2D eigenvalue weighted by molar-refractivity contribution is -0.121. The zero-order chi connectivity index (χ0) is 17.0. The molecule has 2 aromatic heterocycles. The topological polar surface area (TPSA) is 64.7 Å². The average Bonchev–Trinajstić information content (AvgIpc) is 2.98. The summed E-state index contributed by atoms with van der Waals surface area (Å²) in [6, 6.07) is 1.28. The Hall–Kier alpha value is -1.96. The summed E-state index contributed by atoms with van der Waals surface area (Å²) >= 11 is 5.90. The number of rotatable bonds is 7. The Morgan fingerprint density at radius 2 is 2.13 bits per heavy atom. The largest absolute Gasteiger partial charge is 0.354 e. The highest BCUT2D eigenvalue weighted by atomic mass is 35.5. The molecule has 6 nitrogen and oxygen atoms in total. The second kappa shape index (κ2) is 7.54. The highest BCUT2D eigenvalue weighted by molar-refractivity contribution is 6.31. The minimum Gasteiger partial charge on any atom is -0.354 e. The maximum absolute atomic E-state index is 12.8. The molecular formula is C14H18ClF2N5O. The zero-order valence-electron chi connectivity index (χ0n) is 12.9. The number of amides is 1. The van der Waals surface area contributed by atoms with E-state index in [-0.39, 0.29) is 18.1 Å². The second-order valence-corrected chi connectivity index (χ2v) is 5.61. The minimum absolute atomic E-state index is 0.222. The lowest BCUT2D eigenvalue weighted by Crippen LogP contribution is -2.30. The maximum Gasteiger partial charge on any atom is 0.280 e. The Morgan fingerprint density at radius 1 is 1.39 bits per heavy atom. The van der Waals surface area contributed by atoms with Crippen molar-refractivity contribution in [1.29, 1.82) is 0 Å². The van der Waals surface area contributed by atoms with Crippen molar-refractivity contribution in [3.63, 3.8) is 0 Å². The van der Waals surface area contributed by atoms with E-state index in [1.807, 2.05) is 6.92 Å². The molecule has 9 heteroatoms. The number of halogens is 3. The van der Waals surface area contributed by atoms with Crippen LogP contribution >= 0.6 is 11.6 Å². The van der Waals surface area contributed by atoms with Crippen molar-refractivity contribution < 1.29 is 13.6 Å². The third-order valence-corrected chi connectivity index (χ3v) is 3.59. The number of alkyl halides is 2. The predicted octanol–water partition coefficient (Wildman–Crippen LogP) is 2.49. The third-order valence-electron chi connectivity index (χ3n) is 3.22. The fraction of sp³-hybridized carbons (Fsp3) is 0.500. The number of aromatic nitrogens is 4. The molecule has 0 bridgehead atoms. The molecule has 0 aromatic carbocycles. The van der Waals surface area contributed by atoms with Gasteiger partial charge in [-0.15, -0.1) is 0 Å². The number of hydrogen-bond acceptors (Lipinski definition) is 3. The minimum atomic E-state index is -2.66. The van der Waals surface area contributed by atoms with E-state index < -0.39 is 6.43 Å². The molecular weight excluding hydrogens is 328 g/mol. The van der Waals surface area contributed by atoms with Gasteiger partial charge < -0.3 is 5.32 Å². The summed E-state index contributed by atoms with van der Waals surface area (Å²) in [6.07, 6.45) is -0.278. The summed E-state index contributed by atoms with van der Waals surface area (Å²) in [6.45, 7) is 4.22. The summed E-state index contributed by atoms with van der Waals surface area (Å²) < 4.78 is 28.4. The molecule has 0 aliphatic carbocycles. The van der Waals surface area contributed by atoms with E-state index in [0.29, 0.717) is 30.2 Å². The number of carbonyl (C=O) groups excluding carboxylic acids is 1. The van der Waals surface area contributed by atoms with Crippen molar-refractivity contribution in [2.45, 2.75) is 39.8 Å². The molecule has 2 rings (SSSR count). The summed E-state index contributed by atoms with van der Waals surface area (Å²) in [5.74, 6) is -0.357. The van der Waals surface area contributed by atoms with Crippen LogP contribution in [0, 0.1) is 13.8 Å². The van der Waals surface area contributed by atoms with E-state index in [1.54, 1.807) is 17.8 Å². The summed E-state index contributed by atoms with van der Waals surface area (Å²) in [5, 5.41) is 11.4. The van der Waals surface area contributed by atoms with E-state index in [2.05, 4.69) is 15.5 Å². The van der Waals surface area contributed by atoms with Gasteiger partial charge in [-0.2, -0.15) is 10.2 Å². The Labute approximate surface area is 137 Å². The first kappa shape index (κ1) is 17.4. The number of nitrogens with zero attached hydrogens (tertiary/aromatic N) is 4. The van der Waals surface area contributed by atoms with Crippen molar-refractivity contribution >= 4 is 17.5 Å². The van der Waals surface area contributed by atoms with Gasteiger partial charge in [-0.3, -0.25) is 14.2 Å². The van der Waals surface area contributed by atoms with Crippen LogP contribution in [-0.2, 0) is 17.9 Å². The first-order valence-corrected chi connectivity index (χ1v) is 7.53. The van der Waals surface area contributed by atoms with Crippen LogP contribution in [0.5, 0.6) is 0 Å². The van der Waals surface area contributed by atoms with Gasteiger partial charge in [0.25, 0.3) is 6.43 Å². The molecule has 0 fully saturated rings. The van der Waals surface area contributed by atoms with E-state index in [0.717, 1.165) is 10.4 Å². The van der Waals surface area contributed by atoms with Gasteiger partial charge in [0.05, 0.1) is 16.4 Å². The van der Waals surface area contributed by atoms with E-state index in [1.165, 1.54) is 6.07 Å². The van der Waals surface area contributed by atoms with E-state index >= 15 is 0 Å². The molecule has 2 heterocycles. The van der Waals surface area contributed by atoms with Crippen molar-refractivity contribution in [1.82, 2.24) is 24.9 Å². The summed E-state index contributed by atoms with van der Waals surface area (Å²) in [4.78, 5) is 11.8. The monoisotopic (exact) mass is 345 g/mol. The Bertz CT molecular complexity index is 663. The predicted molar refractivity (Wildman–Crippen MR) is 81.5 cm³/mol. The normalized spacial score (nSPS) is 11.2. The van der Waals surface area contributed by atoms with Crippen LogP contribution in [0.15, 0.2) is 12.3 Å². The fourth-order valence-corrected chi connectivity index (χ4v) is 2.29. The third kappa shape index (κ3) is 4.75. The van der Waals surface area contributed by atoms with Crippen LogP contribution in [0.2, 0.25) is 5.02 Å². The Balaban J connectivity index is 1.77. The molecule has 0 saturated heterocycles. The highest BCUT2D eigenvalue weighted by Crippen LogP contribution is 2.19. The molecule has 0 radical (unpaired) electrons. The van der Waals surface area contributed by atoms with Gasteiger partial charge in [0, 0.05) is 19.3 Å². The van der Waals surface area contributed by atoms with Gasteiger partial charge in [0.1, 0.15) is 12.2 Å². The standard InChI is InChI=1S/C14H18ClF2N5O/c1-9-6-12(14(16)17)22(19-9)8-13(23)18-4-3-5-21-7-11(15)10(2)20-21/h6-7,14H,3-5,8H2,1-2H3,(H,18,23). The number of carbonyl (C=O) groups is 1. The fourth-order valence-electron chi connectivity index (χ4n) is 2.14. The van der Waals surface area contributed by atoms with Crippen LogP contribution in [0.1, 0.15) is 29.9 Å². The maximum atomic E-state index is 12.8. The van der Waals surface area contributed by atoms with Crippen LogP contribution in [-0.4, -0.2) is 32.0 Å². The van der Waals surface area contributed by atoms with Crippen molar-refractivity contribution in [3.05, 3.63) is 34.4 Å². The van der Waals surface area contributed by atoms with Gasteiger partial charge in [0.15, 0.2) is 0 Å². The van der Waals surface area contributed by atoms with Crippen LogP contribution in [0.3, 0.4) is 0 Å². The lowest BCUT2D eigenvalue weighted by Gasteiger charge is -2.08. The Morgan fingerprint density at radius 3 is 2.74 bits per heavy atom. The zero-order valence-corrected chi connectivity index (χ0v) is 13.6. The van der Waals surface area contributed by atoms with Gasteiger partial charge >= 0.3 is 0 Å². The number of hydrogen-bond donors (Lipinski definition) is 1. The quantitative estimate of drug-likeness (QED) is 0.784. The molecule has 1 amide bonds. The van der Waals surface area contributed by atoms with Gasteiger partial charge in [0.2, 0.25) is 5.91 Å². The van der Waals surface area contributed by atoms with Gasteiger partial charge in [-0.05, 0) is 26.3 Å². The molecule has 126 valence electrons. The molecule has 2 aromatic rings. The van der Waals surface area contributed by atoms with Gasteiger partial charge in [-0.1, -0.05) is 11.6 Å². The molecule has 0 aliphatic heterocycles. The smallest absolute Gasteiger partial charge is 0.280 e. The van der Waals surface area contributed by atoms with Crippen LogP contribution in [0.4, 0.5) is 8.78 Å². The number of aryl methyl sites for hydroxylation is 3. The van der Waals surface area contributed by atoms with Crippen LogP contribution < -0.4 is 5.32 Å². The first-order chi connectivity index (χ1) is 10.9. The Kier molecular flexibility index (Phi) is 5.70. The lowest BCUT2D eigenvalue weighted by atomic mass is 10.4. The first-order valence-electron chi connectivity index (χ1n) is 7.15. The van der Waals surface area contributed by atoms with Gasteiger partial charge in [-0.25, -0.2) is 8.78 Å². The average molecular weight is 346 g/mol. The SMILES string of the molecule is Cc1cc(C(F)F)n(CC(=O)NCCCn2cc(Cl)c(C)n2)n1. The van der Waals surface area contributed by atoms with Crippen molar-refractivity contribution in [2.75, 3.05) is 6.54 Å². The summed E-state index contributed by atoms with van der Waals surface area (Å²) in [7, 11) is 0. The number of nitrogens with one attached hydrogen (secondary N) is 1. The van der Waals surface area contributed by atoms with E-state index in [9.17, 15) is 13.6 Å². The molecule has 23 heavy (non-hydrogen) atoms. The molecule has 0 atom stereocenters. The summed E-state index contributed by atoms with van der Waals surface area (Å²) in [5.41, 5.74) is 0.961. The molecule has 0 aliphatic rings. The molecule has 0 saturated carbocycles. The second-order valence-electron chi connectivity index (χ2n) is 5.20. The molecule has 1 N–H and O–H groups in total. The molecule has 0 unspecified atom stereocenters. The highest BCUT2D eigenvalue weighted by Gasteiger charge is 2.17. The van der Waals surface area contributed by atoms with Crippen molar-refractivity contribution in [3.8, 4) is 0 Å². The van der Waals surface area contributed by atoms with Crippen molar-refractivity contribution in [2.24, 2.45) is 0 Å². The molecule has 0 spiro atoms.